The van der Waals surface area contributed by atoms with Gasteiger partial charge in [0.2, 0.25) is 5.91 Å². The minimum atomic E-state index is -4.87. The van der Waals surface area contributed by atoms with Crippen molar-refractivity contribution in [2.24, 2.45) is 5.73 Å². The number of halogens is 5. The highest BCUT2D eigenvalue weighted by Crippen LogP contribution is 2.37. The molecule has 1 heterocycles. The lowest BCUT2D eigenvalue weighted by Gasteiger charge is -2.35. The minimum Gasteiger partial charge on any atom is -0.370 e. The quantitative estimate of drug-likeness (QED) is 0.548. The molecular weight excluding hydrogens is 452 g/mol. The SMILES string of the molecule is NC(=O)C[C@](NC(=O)NC1CCCC1)(c1cc(F)cc(C(F)(F)F)c1)c1ccc(Cl)cn1. The molecule has 0 bridgehead atoms. The van der Waals surface area contributed by atoms with Gasteiger partial charge in [0.25, 0.3) is 0 Å². The number of alkyl halides is 3. The fourth-order valence-electron chi connectivity index (χ4n) is 3.90. The van der Waals surface area contributed by atoms with Crippen LogP contribution in [-0.2, 0) is 16.5 Å². The van der Waals surface area contributed by atoms with Crippen LogP contribution >= 0.6 is 11.6 Å². The lowest BCUT2D eigenvalue weighted by Crippen LogP contribution is -2.54. The molecular formula is C21H21ClF4N4O2. The number of rotatable bonds is 6. The van der Waals surface area contributed by atoms with Gasteiger partial charge in [-0.15, -0.1) is 0 Å². The van der Waals surface area contributed by atoms with Gasteiger partial charge in [0.15, 0.2) is 0 Å². The number of nitrogens with one attached hydrogen (secondary N) is 2. The normalized spacial score (nSPS) is 16.4. The summed E-state index contributed by atoms with van der Waals surface area (Å²) in [5.74, 6) is -2.14. The van der Waals surface area contributed by atoms with E-state index in [1.807, 2.05) is 0 Å². The first-order chi connectivity index (χ1) is 15.0. The highest BCUT2D eigenvalue weighted by Gasteiger charge is 2.42. The molecule has 11 heteroatoms. The number of hydrogen-bond acceptors (Lipinski definition) is 3. The molecule has 32 heavy (non-hydrogen) atoms. The smallest absolute Gasteiger partial charge is 0.370 e. The van der Waals surface area contributed by atoms with Crippen LogP contribution in [0.1, 0.15) is 48.9 Å². The van der Waals surface area contributed by atoms with E-state index >= 15 is 0 Å². The molecule has 1 fully saturated rings. The standard InChI is InChI=1S/C21H21ClF4N4O2/c22-14-5-6-17(28-11-14)20(10-18(27)31,30-19(32)29-16-3-1-2-4-16)12-7-13(21(24,25)26)9-15(23)8-12/h5-9,11,16H,1-4,10H2,(H2,27,31)(H2,29,30,32)/t20-/m0/s1. The average Bonchev–Trinajstić information content (AvgIpc) is 3.19. The van der Waals surface area contributed by atoms with E-state index in [0.717, 1.165) is 31.7 Å². The van der Waals surface area contributed by atoms with Gasteiger partial charge in [-0.2, -0.15) is 13.2 Å². The number of urea groups is 1. The Balaban J connectivity index is 2.16. The van der Waals surface area contributed by atoms with Crippen LogP contribution in [0.3, 0.4) is 0 Å². The molecule has 1 atom stereocenters. The maximum Gasteiger partial charge on any atom is 0.416 e. The second kappa shape index (κ2) is 9.32. The van der Waals surface area contributed by atoms with Crippen molar-refractivity contribution in [2.45, 2.75) is 49.9 Å². The number of hydrogen-bond donors (Lipinski definition) is 3. The third kappa shape index (κ3) is 5.48. The molecule has 1 aliphatic rings. The predicted octanol–water partition coefficient (Wildman–Crippen LogP) is 4.25. The largest absolute Gasteiger partial charge is 0.416 e. The van der Waals surface area contributed by atoms with E-state index in [1.165, 1.54) is 18.3 Å². The molecule has 1 aromatic carbocycles. The number of carbonyl (C=O) groups is 2. The van der Waals surface area contributed by atoms with E-state index in [2.05, 4.69) is 15.6 Å². The molecule has 6 nitrogen and oxygen atoms in total. The van der Waals surface area contributed by atoms with Crippen LogP contribution in [0.15, 0.2) is 36.5 Å². The van der Waals surface area contributed by atoms with Crippen molar-refractivity contribution in [2.75, 3.05) is 0 Å². The summed E-state index contributed by atoms with van der Waals surface area (Å²) in [5.41, 5.74) is 1.79. The molecule has 0 spiro atoms. The number of amides is 3. The van der Waals surface area contributed by atoms with Gasteiger partial charge in [-0.1, -0.05) is 24.4 Å². The summed E-state index contributed by atoms with van der Waals surface area (Å²) in [6.45, 7) is 0. The van der Waals surface area contributed by atoms with E-state index in [4.69, 9.17) is 17.3 Å². The zero-order chi connectivity index (χ0) is 23.5. The maximum atomic E-state index is 14.3. The van der Waals surface area contributed by atoms with Crippen LogP contribution in [0.4, 0.5) is 22.4 Å². The van der Waals surface area contributed by atoms with Crippen molar-refractivity contribution in [1.29, 1.82) is 0 Å². The fourth-order valence-corrected chi connectivity index (χ4v) is 4.01. The first-order valence-electron chi connectivity index (χ1n) is 9.87. The molecule has 4 N–H and O–H groups in total. The van der Waals surface area contributed by atoms with Gasteiger partial charge in [0.1, 0.15) is 11.4 Å². The zero-order valence-electron chi connectivity index (χ0n) is 16.8. The summed E-state index contributed by atoms with van der Waals surface area (Å²) in [4.78, 5) is 28.9. The Hall–Kier alpha value is -2.88. The van der Waals surface area contributed by atoms with E-state index in [-0.39, 0.29) is 22.3 Å². The van der Waals surface area contributed by atoms with Gasteiger partial charge in [0, 0.05) is 12.2 Å². The van der Waals surface area contributed by atoms with Crippen molar-refractivity contribution >= 4 is 23.5 Å². The maximum absolute atomic E-state index is 14.3. The Morgan fingerprint density at radius 3 is 2.34 bits per heavy atom. The minimum absolute atomic E-state index is 0.0269. The number of nitrogens with zero attached hydrogens (tertiary/aromatic N) is 1. The third-order valence-electron chi connectivity index (χ3n) is 5.34. The number of benzene rings is 1. The van der Waals surface area contributed by atoms with Crippen LogP contribution in [-0.4, -0.2) is 23.0 Å². The van der Waals surface area contributed by atoms with E-state index in [9.17, 15) is 27.2 Å². The Labute approximate surface area is 186 Å². The molecule has 1 aliphatic carbocycles. The molecule has 172 valence electrons. The monoisotopic (exact) mass is 472 g/mol. The first-order valence-corrected chi connectivity index (χ1v) is 10.2. The van der Waals surface area contributed by atoms with Crippen molar-refractivity contribution < 1.29 is 27.2 Å². The number of pyridine rings is 1. The van der Waals surface area contributed by atoms with Crippen LogP contribution in [0.5, 0.6) is 0 Å². The summed E-state index contributed by atoms with van der Waals surface area (Å²) in [5, 5.41) is 5.52. The Morgan fingerprint density at radius 2 is 1.78 bits per heavy atom. The zero-order valence-corrected chi connectivity index (χ0v) is 17.6. The van der Waals surface area contributed by atoms with Gasteiger partial charge >= 0.3 is 12.2 Å². The highest BCUT2D eigenvalue weighted by molar-refractivity contribution is 6.30. The van der Waals surface area contributed by atoms with Gasteiger partial charge in [-0.3, -0.25) is 9.78 Å². The highest BCUT2D eigenvalue weighted by atomic mass is 35.5. The molecule has 1 saturated carbocycles. The van der Waals surface area contributed by atoms with Crippen molar-refractivity contribution in [1.82, 2.24) is 15.6 Å². The average molecular weight is 473 g/mol. The molecule has 1 aromatic heterocycles. The molecule has 2 aromatic rings. The molecule has 3 rings (SSSR count). The van der Waals surface area contributed by atoms with Crippen LogP contribution in [0.25, 0.3) is 0 Å². The van der Waals surface area contributed by atoms with Crippen molar-refractivity contribution in [3.63, 3.8) is 0 Å². The lowest BCUT2D eigenvalue weighted by atomic mass is 9.81. The number of nitrogens with two attached hydrogens (primary N) is 1. The molecule has 0 saturated heterocycles. The van der Waals surface area contributed by atoms with E-state index in [1.54, 1.807) is 0 Å². The van der Waals surface area contributed by atoms with Gasteiger partial charge in [0.05, 0.1) is 22.7 Å². The second-order valence-electron chi connectivity index (χ2n) is 7.72. The topological polar surface area (TPSA) is 97.1 Å². The summed E-state index contributed by atoms with van der Waals surface area (Å²) in [6, 6.07) is 3.65. The number of primary amides is 1. The Morgan fingerprint density at radius 1 is 1.12 bits per heavy atom. The number of carbonyl (C=O) groups excluding carboxylic acids is 2. The summed E-state index contributed by atoms with van der Waals surface area (Å²) < 4.78 is 54.5. The van der Waals surface area contributed by atoms with Crippen LogP contribution in [0.2, 0.25) is 5.02 Å². The fraction of sp³-hybridized carbons (Fsp3) is 0.381. The second-order valence-corrected chi connectivity index (χ2v) is 8.15. The predicted molar refractivity (Wildman–Crippen MR) is 109 cm³/mol. The molecule has 3 amide bonds. The van der Waals surface area contributed by atoms with Crippen molar-refractivity contribution in [3.05, 3.63) is 64.2 Å². The van der Waals surface area contributed by atoms with Gasteiger partial charge < -0.3 is 16.4 Å². The summed E-state index contributed by atoms with van der Waals surface area (Å²) in [6.07, 6.45) is -0.992. The Bertz CT molecular complexity index is 994. The lowest BCUT2D eigenvalue weighted by molar-refractivity contribution is -0.137. The first kappa shape index (κ1) is 23.8. The van der Waals surface area contributed by atoms with E-state index < -0.39 is 41.5 Å². The number of aromatic nitrogens is 1. The summed E-state index contributed by atoms with van der Waals surface area (Å²) >= 11 is 5.88. The van der Waals surface area contributed by atoms with Crippen LogP contribution < -0.4 is 16.4 Å². The van der Waals surface area contributed by atoms with Gasteiger partial charge in [-0.25, -0.2) is 9.18 Å². The molecule has 0 unspecified atom stereocenters. The molecule has 0 radical (unpaired) electrons. The van der Waals surface area contributed by atoms with Gasteiger partial charge in [-0.05, 0) is 48.7 Å². The Kier molecular flexibility index (Phi) is 6.92. The molecule has 0 aliphatic heterocycles. The van der Waals surface area contributed by atoms with E-state index in [0.29, 0.717) is 12.1 Å². The van der Waals surface area contributed by atoms with Crippen molar-refractivity contribution in [3.8, 4) is 0 Å². The van der Waals surface area contributed by atoms with Crippen LogP contribution in [0, 0.1) is 5.82 Å². The third-order valence-corrected chi connectivity index (χ3v) is 5.56. The summed E-state index contributed by atoms with van der Waals surface area (Å²) in [7, 11) is 0.